The number of hydrogen-bond donors (Lipinski definition) is 2. The molecule has 0 spiro atoms. The number of halogens is 1. The number of carbonyl (C=O) groups is 1. The van der Waals surface area contributed by atoms with Gasteiger partial charge in [0.25, 0.3) is 5.91 Å². The highest BCUT2D eigenvalue weighted by Crippen LogP contribution is 1.93. The summed E-state index contributed by atoms with van der Waals surface area (Å²) in [7, 11) is 0. The normalized spacial score (nSPS) is 15.8. The molecule has 0 aromatic carbocycles. The largest absolute Gasteiger partial charge is 1.00 e. The van der Waals surface area contributed by atoms with E-state index < -0.39 is 0 Å². The molecular formula is C12H18ClN4O-. The number of aromatic nitrogens is 1. The quantitative estimate of drug-likeness (QED) is 0.602. The predicted molar refractivity (Wildman–Crippen MR) is 65.9 cm³/mol. The van der Waals surface area contributed by atoms with Gasteiger partial charge in [0.15, 0.2) is 0 Å². The van der Waals surface area contributed by atoms with Gasteiger partial charge < -0.3 is 23.0 Å². The fourth-order valence-corrected chi connectivity index (χ4v) is 1.85. The highest BCUT2D eigenvalue weighted by atomic mass is 35.5. The van der Waals surface area contributed by atoms with E-state index in [0.29, 0.717) is 12.2 Å². The maximum atomic E-state index is 11.7. The summed E-state index contributed by atoms with van der Waals surface area (Å²) in [5.74, 6) is -0.0965. The van der Waals surface area contributed by atoms with Crippen LogP contribution in [0.3, 0.4) is 0 Å². The monoisotopic (exact) mass is 269 g/mol. The topological polar surface area (TPSA) is 57.3 Å². The Kier molecular flexibility index (Phi) is 6.64. The fraction of sp³-hybridized carbons (Fsp3) is 0.500. The standard InChI is InChI=1S/C12H18N4O.ClH/c17-12(11-3-1-2-4-14-11)15-7-10-16-8-5-13-6-9-16;/h1-4,13H,5-10H2,(H,15,17);1H/p-1. The number of piperazine rings is 1. The number of nitrogens with zero attached hydrogens (tertiary/aromatic N) is 2. The lowest BCUT2D eigenvalue weighted by molar-refractivity contribution is -0.0000120. The molecule has 0 unspecified atom stereocenters. The fourth-order valence-electron chi connectivity index (χ4n) is 1.85. The first kappa shape index (κ1) is 14.9. The van der Waals surface area contributed by atoms with Crippen molar-refractivity contribution in [2.24, 2.45) is 0 Å². The zero-order valence-electron chi connectivity index (χ0n) is 10.2. The van der Waals surface area contributed by atoms with Gasteiger partial charge in [0, 0.05) is 45.5 Å². The smallest absolute Gasteiger partial charge is 0.269 e. The van der Waals surface area contributed by atoms with Crippen LogP contribution in [0.2, 0.25) is 0 Å². The van der Waals surface area contributed by atoms with Crippen molar-refractivity contribution >= 4 is 5.91 Å². The van der Waals surface area contributed by atoms with E-state index in [0.717, 1.165) is 32.7 Å². The molecular weight excluding hydrogens is 252 g/mol. The van der Waals surface area contributed by atoms with Crippen LogP contribution in [-0.4, -0.2) is 55.1 Å². The van der Waals surface area contributed by atoms with E-state index in [4.69, 9.17) is 0 Å². The van der Waals surface area contributed by atoms with Crippen LogP contribution in [0.4, 0.5) is 0 Å². The molecule has 1 aromatic heterocycles. The van der Waals surface area contributed by atoms with Crippen LogP contribution in [0.15, 0.2) is 24.4 Å². The Bertz CT molecular complexity index is 354. The maximum absolute atomic E-state index is 11.7. The molecule has 0 radical (unpaired) electrons. The highest BCUT2D eigenvalue weighted by Gasteiger charge is 2.10. The van der Waals surface area contributed by atoms with Crippen LogP contribution in [0.5, 0.6) is 0 Å². The third-order valence-corrected chi connectivity index (χ3v) is 2.82. The highest BCUT2D eigenvalue weighted by molar-refractivity contribution is 5.92. The van der Waals surface area contributed by atoms with Crippen molar-refractivity contribution in [1.29, 1.82) is 0 Å². The van der Waals surface area contributed by atoms with Crippen molar-refractivity contribution in [2.75, 3.05) is 39.3 Å². The van der Waals surface area contributed by atoms with E-state index in [2.05, 4.69) is 20.5 Å². The Hall–Kier alpha value is -1.17. The Morgan fingerprint density at radius 3 is 2.83 bits per heavy atom. The van der Waals surface area contributed by atoms with E-state index in [1.807, 2.05) is 6.07 Å². The molecule has 100 valence electrons. The molecule has 0 bridgehead atoms. The van der Waals surface area contributed by atoms with Crippen molar-refractivity contribution in [1.82, 2.24) is 20.5 Å². The molecule has 18 heavy (non-hydrogen) atoms. The van der Waals surface area contributed by atoms with Gasteiger partial charge in [-0.2, -0.15) is 0 Å². The number of carbonyl (C=O) groups excluding carboxylic acids is 1. The van der Waals surface area contributed by atoms with Crippen LogP contribution >= 0.6 is 0 Å². The summed E-state index contributed by atoms with van der Waals surface area (Å²) in [5.41, 5.74) is 0.479. The second kappa shape index (κ2) is 8.02. The van der Waals surface area contributed by atoms with Gasteiger partial charge in [-0.25, -0.2) is 0 Å². The van der Waals surface area contributed by atoms with E-state index in [9.17, 15) is 4.79 Å². The molecule has 2 heterocycles. The lowest BCUT2D eigenvalue weighted by Crippen LogP contribution is -3.00. The molecule has 1 aliphatic rings. The van der Waals surface area contributed by atoms with Crippen LogP contribution in [0.1, 0.15) is 10.5 Å². The molecule has 1 saturated heterocycles. The molecule has 6 heteroatoms. The second-order valence-electron chi connectivity index (χ2n) is 4.06. The number of rotatable bonds is 4. The number of hydrogen-bond acceptors (Lipinski definition) is 4. The van der Waals surface area contributed by atoms with Crippen molar-refractivity contribution in [3.8, 4) is 0 Å². The zero-order chi connectivity index (χ0) is 11.9. The average Bonchev–Trinajstić information content (AvgIpc) is 2.41. The molecule has 2 rings (SSSR count). The molecule has 5 nitrogen and oxygen atoms in total. The lowest BCUT2D eigenvalue weighted by atomic mass is 10.3. The summed E-state index contributed by atoms with van der Waals surface area (Å²) >= 11 is 0. The Labute approximate surface area is 113 Å². The Balaban J connectivity index is 0.00000162. The molecule has 1 fully saturated rings. The molecule has 1 aromatic rings. The first-order valence-corrected chi connectivity index (χ1v) is 5.98. The summed E-state index contributed by atoms with van der Waals surface area (Å²) in [4.78, 5) is 18.0. The Morgan fingerprint density at radius 1 is 1.39 bits per heavy atom. The summed E-state index contributed by atoms with van der Waals surface area (Å²) in [6.07, 6.45) is 1.63. The summed E-state index contributed by atoms with van der Waals surface area (Å²) in [6, 6.07) is 5.34. The van der Waals surface area contributed by atoms with Gasteiger partial charge in [0.05, 0.1) is 0 Å². The zero-order valence-corrected chi connectivity index (χ0v) is 11.0. The third-order valence-electron chi connectivity index (χ3n) is 2.82. The maximum Gasteiger partial charge on any atom is 0.269 e. The van der Waals surface area contributed by atoms with E-state index in [1.165, 1.54) is 0 Å². The number of nitrogens with one attached hydrogen (secondary N) is 2. The predicted octanol–water partition coefficient (Wildman–Crippen LogP) is -3.28. The van der Waals surface area contributed by atoms with Crippen molar-refractivity contribution in [3.63, 3.8) is 0 Å². The minimum atomic E-state index is -0.0965. The van der Waals surface area contributed by atoms with Gasteiger partial charge in [-0.15, -0.1) is 0 Å². The molecule has 1 amide bonds. The van der Waals surface area contributed by atoms with E-state index in [1.54, 1.807) is 18.3 Å². The molecule has 0 saturated carbocycles. The summed E-state index contributed by atoms with van der Waals surface area (Å²) in [5, 5.41) is 6.18. The van der Waals surface area contributed by atoms with Crippen LogP contribution in [0.25, 0.3) is 0 Å². The van der Waals surface area contributed by atoms with E-state index in [-0.39, 0.29) is 18.3 Å². The first-order valence-electron chi connectivity index (χ1n) is 5.98. The lowest BCUT2D eigenvalue weighted by Gasteiger charge is -2.27. The van der Waals surface area contributed by atoms with Gasteiger partial charge in [-0.1, -0.05) is 6.07 Å². The summed E-state index contributed by atoms with van der Waals surface area (Å²) < 4.78 is 0. The molecule has 1 aliphatic heterocycles. The molecule has 2 N–H and O–H groups in total. The molecule has 0 atom stereocenters. The SMILES string of the molecule is O=C(NCCN1CCNCC1)c1ccccn1.[Cl-]. The van der Waals surface area contributed by atoms with Crippen LogP contribution in [-0.2, 0) is 0 Å². The van der Waals surface area contributed by atoms with Gasteiger partial charge in [-0.3, -0.25) is 14.7 Å². The van der Waals surface area contributed by atoms with Crippen LogP contribution < -0.4 is 23.0 Å². The summed E-state index contributed by atoms with van der Waals surface area (Å²) in [6.45, 7) is 5.76. The average molecular weight is 270 g/mol. The minimum Gasteiger partial charge on any atom is -1.00 e. The number of pyridine rings is 1. The second-order valence-corrected chi connectivity index (χ2v) is 4.06. The number of amides is 1. The van der Waals surface area contributed by atoms with Crippen molar-refractivity contribution in [3.05, 3.63) is 30.1 Å². The first-order chi connectivity index (χ1) is 8.36. The van der Waals surface area contributed by atoms with Crippen molar-refractivity contribution < 1.29 is 17.2 Å². The van der Waals surface area contributed by atoms with Crippen LogP contribution in [0, 0.1) is 0 Å². The Morgan fingerprint density at radius 2 is 2.17 bits per heavy atom. The van der Waals surface area contributed by atoms with E-state index >= 15 is 0 Å². The van der Waals surface area contributed by atoms with Crippen molar-refractivity contribution in [2.45, 2.75) is 0 Å². The van der Waals surface area contributed by atoms with Gasteiger partial charge in [0.1, 0.15) is 5.69 Å². The van der Waals surface area contributed by atoms with Gasteiger partial charge in [-0.05, 0) is 12.1 Å². The van der Waals surface area contributed by atoms with Gasteiger partial charge in [0.2, 0.25) is 0 Å². The minimum absolute atomic E-state index is 0. The third kappa shape index (κ3) is 4.60. The molecule has 0 aliphatic carbocycles. The van der Waals surface area contributed by atoms with Gasteiger partial charge >= 0.3 is 0 Å².